The Labute approximate surface area is 56.3 Å². The predicted molar refractivity (Wildman–Crippen MR) is 38.5 cm³/mol. The standard InChI is InChI=1S/C5H6IN/c6-4-5-2-1-3-7-5/h1-3,7H,4H2. The van der Waals surface area contributed by atoms with Crippen LogP contribution in [0.1, 0.15) is 5.69 Å². The second kappa shape index (κ2) is 2.35. The molecule has 0 unspecified atom stereocenters. The number of aromatic amines is 1. The molecular formula is C5H6IN. The predicted octanol–water partition coefficient (Wildman–Crippen LogP) is 1.95. The van der Waals surface area contributed by atoms with Gasteiger partial charge in [0.05, 0.1) is 0 Å². The zero-order chi connectivity index (χ0) is 5.11. The highest BCUT2D eigenvalue weighted by Gasteiger charge is 1.82. The molecule has 7 heavy (non-hydrogen) atoms. The summed E-state index contributed by atoms with van der Waals surface area (Å²) in [6, 6.07) is 4.08. The molecule has 1 aromatic rings. The Morgan fingerprint density at radius 1 is 1.71 bits per heavy atom. The van der Waals surface area contributed by atoms with Crippen LogP contribution in [0.25, 0.3) is 0 Å². The Bertz CT molecular complexity index is 123. The quantitative estimate of drug-likeness (QED) is 0.535. The van der Waals surface area contributed by atoms with Gasteiger partial charge in [-0.3, -0.25) is 0 Å². The average Bonchev–Trinajstić information content (AvgIpc) is 2.14. The highest BCUT2D eigenvalue weighted by atomic mass is 127. The summed E-state index contributed by atoms with van der Waals surface area (Å²) in [6.45, 7) is 0. The SMILES string of the molecule is ICc1ccc[nH]1. The summed E-state index contributed by atoms with van der Waals surface area (Å²) in [5, 5.41) is 0. The number of nitrogens with one attached hydrogen (secondary N) is 1. The van der Waals surface area contributed by atoms with E-state index in [1.165, 1.54) is 5.69 Å². The van der Waals surface area contributed by atoms with Crippen LogP contribution in [0.4, 0.5) is 0 Å². The van der Waals surface area contributed by atoms with Crippen molar-refractivity contribution in [3.63, 3.8) is 0 Å². The zero-order valence-corrected chi connectivity index (χ0v) is 5.97. The highest BCUT2D eigenvalue weighted by molar-refractivity contribution is 14.1. The molecule has 0 aliphatic carbocycles. The van der Waals surface area contributed by atoms with Crippen LogP contribution in [-0.2, 0) is 4.43 Å². The van der Waals surface area contributed by atoms with Gasteiger partial charge in [0.15, 0.2) is 0 Å². The Kier molecular flexibility index (Phi) is 1.73. The van der Waals surface area contributed by atoms with E-state index >= 15 is 0 Å². The number of hydrogen-bond acceptors (Lipinski definition) is 0. The molecule has 0 amide bonds. The van der Waals surface area contributed by atoms with Crippen molar-refractivity contribution in [2.24, 2.45) is 0 Å². The Hall–Kier alpha value is 0.01000. The molecule has 0 aromatic carbocycles. The molecule has 2 heteroatoms. The minimum Gasteiger partial charge on any atom is -0.364 e. The molecule has 1 heterocycles. The van der Waals surface area contributed by atoms with E-state index in [0.717, 1.165) is 4.43 Å². The van der Waals surface area contributed by atoms with Crippen molar-refractivity contribution < 1.29 is 0 Å². The minimum absolute atomic E-state index is 1.07. The van der Waals surface area contributed by atoms with Crippen LogP contribution in [0.2, 0.25) is 0 Å². The number of aromatic nitrogens is 1. The van der Waals surface area contributed by atoms with Gasteiger partial charge in [0.2, 0.25) is 0 Å². The maximum Gasteiger partial charge on any atom is 0.0398 e. The summed E-state index contributed by atoms with van der Waals surface area (Å²) in [5.74, 6) is 0. The smallest absolute Gasteiger partial charge is 0.0398 e. The first kappa shape index (κ1) is 5.15. The van der Waals surface area contributed by atoms with Crippen molar-refractivity contribution in [1.82, 2.24) is 4.98 Å². The Balaban J connectivity index is 2.76. The topological polar surface area (TPSA) is 15.8 Å². The molecule has 0 bridgehead atoms. The lowest BCUT2D eigenvalue weighted by molar-refractivity contribution is 1.26. The largest absolute Gasteiger partial charge is 0.364 e. The van der Waals surface area contributed by atoms with Gasteiger partial charge >= 0.3 is 0 Å². The summed E-state index contributed by atoms with van der Waals surface area (Å²) in [4.78, 5) is 3.08. The number of alkyl halides is 1. The number of H-pyrrole nitrogens is 1. The minimum atomic E-state index is 1.07. The fourth-order valence-electron chi connectivity index (χ4n) is 0.451. The number of hydrogen-bond donors (Lipinski definition) is 1. The van der Waals surface area contributed by atoms with E-state index in [4.69, 9.17) is 0 Å². The van der Waals surface area contributed by atoms with E-state index in [1.807, 2.05) is 12.3 Å². The first-order valence-corrected chi connectivity index (χ1v) is 3.64. The molecule has 0 aliphatic rings. The van der Waals surface area contributed by atoms with Crippen LogP contribution in [0, 0.1) is 0 Å². The molecule has 0 spiro atoms. The zero-order valence-electron chi connectivity index (χ0n) is 3.82. The summed E-state index contributed by atoms with van der Waals surface area (Å²) < 4.78 is 1.07. The molecule has 38 valence electrons. The monoisotopic (exact) mass is 207 g/mol. The van der Waals surface area contributed by atoms with Crippen molar-refractivity contribution in [1.29, 1.82) is 0 Å². The van der Waals surface area contributed by atoms with Crippen LogP contribution in [0.5, 0.6) is 0 Å². The molecule has 0 atom stereocenters. The van der Waals surface area contributed by atoms with E-state index in [2.05, 4.69) is 33.6 Å². The Morgan fingerprint density at radius 3 is 2.86 bits per heavy atom. The third kappa shape index (κ3) is 1.19. The lowest BCUT2D eigenvalue weighted by Gasteiger charge is -1.79. The van der Waals surface area contributed by atoms with Gasteiger partial charge in [0.25, 0.3) is 0 Å². The molecule has 1 nitrogen and oxygen atoms in total. The third-order valence-corrected chi connectivity index (χ3v) is 1.63. The molecule has 0 saturated carbocycles. The lowest BCUT2D eigenvalue weighted by atomic mass is 10.5. The van der Waals surface area contributed by atoms with E-state index in [1.54, 1.807) is 0 Å². The Morgan fingerprint density at radius 2 is 2.57 bits per heavy atom. The van der Waals surface area contributed by atoms with Crippen molar-refractivity contribution >= 4 is 22.6 Å². The first-order valence-electron chi connectivity index (χ1n) is 2.11. The lowest BCUT2D eigenvalue weighted by Crippen LogP contribution is -1.69. The van der Waals surface area contributed by atoms with Gasteiger partial charge in [-0.15, -0.1) is 0 Å². The molecule has 0 aliphatic heterocycles. The first-order chi connectivity index (χ1) is 3.43. The molecule has 1 aromatic heterocycles. The van der Waals surface area contributed by atoms with Crippen LogP contribution < -0.4 is 0 Å². The normalized spacial score (nSPS) is 9.29. The summed E-state index contributed by atoms with van der Waals surface area (Å²) >= 11 is 2.32. The summed E-state index contributed by atoms with van der Waals surface area (Å²) in [5.41, 5.74) is 1.29. The van der Waals surface area contributed by atoms with Crippen LogP contribution >= 0.6 is 22.6 Å². The second-order valence-electron chi connectivity index (χ2n) is 1.33. The van der Waals surface area contributed by atoms with Crippen molar-refractivity contribution in [2.45, 2.75) is 4.43 Å². The second-order valence-corrected chi connectivity index (χ2v) is 2.09. The molecular weight excluding hydrogens is 201 g/mol. The molecule has 0 radical (unpaired) electrons. The van der Waals surface area contributed by atoms with Crippen LogP contribution in [0.15, 0.2) is 18.3 Å². The van der Waals surface area contributed by atoms with Gasteiger partial charge in [0.1, 0.15) is 0 Å². The number of halogens is 1. The summed E-state index contributed by atoms with van der Waals surface area (Å²) in [6.07, 6.45) is 1.94. The fraction of sp³-hybridized carbons (Fsp3) is 0.200. The van der Waals surface area contributed by atoms with Gasteiger partial charge < -0.3 is 4.98 Å². The average molecular weight is 207 g/mol. The molecule has 0 fully saturated rings. The fourth-order valence-corrected chi connectivity index (χ4v) is 0.925. The van der Waals surface area contributed by atoms with Gasteiger partial charge in [-0.05, 0) is 12.1 Å². The van der Waals surface area contributed by atoms with Crippen LogP contribution in [0.3, 0.4) is 0 Å². The van der Waals surface area contributed by atoms with E-state index < -0.39 is 0 Å². The molecule has 0 saturated heterocycles. The molecule has 1 N–H and O–H groups in total. The van der Waals surface area contributed by atoms with Crippen molar-refractivity contribution in [2.75, 3.05) is 0 Å². The van der Waals surface area contributed by atoms with Gasteiger partial charge in [-0.25, -0.2) is 0 Å². The van der Waals surface area contributed by atoms with Gasteiger partial charge in [0, 0.05) is 16.3 Å². The van der Waals surface area contributed by atoms with Gasteiger partial charge in [-0.1, -0.05) is 22.6 Å². The maximum atomic E-state index is 3.08. The molecule has 1 rings (SSSR count). The van der Waals surface area contributed by atoms with Crippen molar-refractivity contribution in [3.05, 3.63) is 24.0 Å². The van der Waals surface area contributed by atoms with Gasteiger partial charge in [-0.2, -0.15) is 0 Å². The highest BCUT2D eigenvalue weighted by Crippen LogP contribution is 1.99. The summed E-state index contributed by atoms with van der Waals surface area (Å²) in [7, 11) is 0. The van der Waals surface area contributed by atoms with E-state index in [9.17, 15) is 0 Å². The van der Waals surface area contributed by atoms with E-state index in [-0.39, 0.29) is 0 Å². The van der Waals surface area contributed by atoms with Crippen molar-refractivity contribution in [3.8, 4) is 0 Å². The number of rotatable bonds is 1. The van der Waals surface area contributed by atoms with Crippen LogP contribution in [-0.4, -0.2) is 4.98 Å². The third-order valence-electron chi connectivity index (χ3n) is 0.806. The maximum absolute atomic E-state index is 3.08. The van der Waals surface area contributed by atoms with E-state index in [0.29, 0.717) is 0 Å².